The van der Waals surface area contributed by atoms with Gasteiger partial charge in [0.05, 0.1) is 28.4 Å². The van der Waals surface area contributed by atoms with E-state index in [1.165, 1.54) is 27.9 Å². The molecule has 4 aromatic rings. The Labute approximate surface area is 225 Å². The number of hydrazine groups is 1. The Balaban J connectivity index is 1.33. The molecule has 5 rings (SSSR count). The van der Waals surface area contributed by atoms with E-state index in [9.17, 15) is 40.3 Å². The summed E-state index contributed by atoms with van der Waals surface area (Å²) in [6.45, 7) is 1.09. The lowest BCUT2D eigenvalue weighted by Crippen LogP contribution is -2.40. The molecule has 1 aliphatic heterocycles. The maximum absolute atomic E-state index is 14.9. The van der Waals surface area contributed by atoms with Gasteiger partial charge >= 0.3 is 12.4 Å². The minimum atomic E-state index is -4.88. The van der Waals surface area contributed by atoms with E-state index in [1.54, 1.807) is 5.01 Å². The molecule has 0 aliphatic carbocycles. The first-order valence-corrected chi connectivity index (χ1v) is 12.2. The number of halogens is 7. The summed E-state index contributed by atoms with van der Waals surface area (Å²) in [5.74, 6) is -1.17. The number of fused-ring (bicyclic) bond motifs is 1. The highest BCUT2D eigenvalue weighted by Gasteiger charge is 2.40. The van der Waals surface area contributed by atoms with Gasteiger partial charge in [-0.25, -0.2) is 24.5 Å². The van der Waals surface area contributed by atoms with Crippen LogP contribution in [-0.2, 0) is 18.9 Å². The summed E-state index contributed by atoms with van der Waals surface area (Å²) in [7, 11) is 0. The van der Waals surface area contributed by atoms with Gasteiger partial charge in [0.25, 0.3) is 11.1 Å². The van der Waals surface area contributed by atoms with Gasteiger partial charge in [-0.1, -0.05) is 0 Å². The average Bonchev–Trinajstić information content (AvgIpc) is 3.37. The summed E-state index contributed by atoms with van der Waals surface area (Å²) >= 11 is 0. The molecule has 0 spiro atoms. The number of pyridine rings is 1. The van der Waals surface area contributed by atoms with Gasteiger partial charge in [-0.3, -0.25) is 9.59 Å². The topological polar surface area (TPSA) is 100 Å². The van der Waals surface area contributed by atoms with Crippen LogP contribution in [0, 0.1) is 5.82 Å². The number of nitrogens with zero attached hydrogens (tertiary/aromatic N) is 6. The fourth-order valence-electron chi connectivity index (χ4n) is 4.72. The first kappa shape index (κ1) is 28.2. The number of aromatic nitrogens is 5. The molecule has 1 N–H and O–H groups in total. The molecule has 4 heterocycles. The number of alkyl halides is 6. The van der Waals surface area contributed by atoms with Gasteiger partial charge in [0.2, 0.25) is 0 Å². The van der Waals surface area contributed by atoms with Crippen molar-refractivity contribution in [2.45, 2.75) is 31.7 Å². The summed E-state index contributed by atoms with van der Waals surface area (Å²) in [4.78, 5) is 32.1. The molecule has 1 aliphatic rings. The third kappa shape index (κ3) is 5.64. The second-order valence-corrected chi connectivity index (χ2v) is 9.27. The molecule has 0 unspecified atom stereocenters. The molecule has 216 valence electrons. The lowest BCUT2D eigenvalue weighted by molar-refractivity contribution is -0.139. The van der Waals surface area contributed by atoms with E-state index >= 15 is 0 Å². The molecule has 0 radical (unpaired) electrons. The Hall–Kier alpha value is -4.34. The Kier molecular flexibility index (Phi) is 7.27. The Morgan fingerprint density at radius 3 is 2.34 bits per heavy atom. The quantitative estimate of drug-likeness (QED) is 0.339. The highest BCUT2D eigenvalue weighted by atomic mass is 19.4. The number of H-pyrrole nitrogens is 1. The van der Waals surface area contributed by atoms with E-state index in [0.29, 0.717) is 37.2 Å². The Morgan fingerprint density at radius 1 is 0.927 bits per heavy atom. The van der Waals surface area contributed by atoms with Crippen molar-refractivity contribution in [1.29, 1.82) is 0 Å². The van der Waals surface area contributed by atoms with Crippen molar-refractivity contribution in [1.82, 2.24) is 29.7 Å². The monoisotopic (exact) mass is 583 g/mol. The number of aromatic amines is 1. The molecule has 3 aromatic heterocycles. The van der Waals surface area contributed by atoms with Crippen LogP contribution in [0.3, 0.4) is 0 Å². The van der Waals surface area contributed by atoms with Crippen LogP contribution in [0.25, 0.3) is 22.2 Å². The summed E-state index contributed by atoms with van der Waals surface area (Å²) in [5, 5.41) is 8.67. The second kappa shape index (κ2) is 10.6. The van der Waals surface area contributed by atoms with Crippen molar-refractivity contribution < 1.29 is 30.7 Å². The van der Waals surface area contributed by atoms with E-state index in [1.807, 2.05) is 5.10 Å². The minimum absolute atomic E-state index is 0.0212. The van der Waals surface area contributed by atoms with Crippen molar-refractivity contribution in [2.75, 3.05) is 24.6 Å². The Morgan fingerprint density at radius 2 is 1.66 bits per heavy atom. The molecule has 41 heavy (non-hydrogen) atoms. The molecular formula is C25H20F7N7O2. The summed E-state index contributed by atoms with van der Waals surface area (Å²) in [5.41, 5.74) is -4.83. The highest BCUT2D eigenvalue weighted by Crippen LogP contribution is 2.35. The molecule has 0 amide bonds. The average molecular weight is 583 g/mol. The summed E-state index contributed by atoms with van der Waals surface area (Å²) in [6, 6.07) is 3.77. The third-order valence-electron chi connectivity index (χ3n) is 6.63. The van der Waals surface area contributed by atoms with Crippen LogP contribution >= 0.6 is 0 Å². The standard InChI is InChI=1S/C25H20F7N7O2/c26-18-10-16-14(9-17(18)21-33-11-15(12-34-21)24(27,28)29)3-8-37(23(16)41)4-1-5-38-6-2-7-39(38)19-13-35-36-22(40)20(19)25(30,31)32/h3,8-13H,1-2,4-7H2,(H,36,40). The molecule has 9 nitrogen and oxygen atoms in total. The first-order valence-electron chi connectivity index (χ1n) is 12.2. The zero-order chi connectivity index (χ0) is 29.5. The molecule has 16 heteroatoms. The van der Waals surface area contributed by atoms with E-state index in [-0.39, 0.29) is 42.1 Å². The molecular weight excluding hydrogens is 563 g/mol. The van der Waals surface area contributed by atoms with Gasteiger partial charge in [-0.05, 0) is 36.4 Å². The Bertz CT molecular complexity index is 1700. The van der Waals surface area contributed by atoms with E-state index < -0.39 is 40.4 Å². The third-order valence-corrected chi connectivity index (χ3v) is 6.63. The molecule has 1 saturated heterocycles. The SMILES string of the molecule is O=c1[nH]ncc(N2CCCN2CCCn2ccc3cc(-c4ncc(C(F)(F)F)cn4)c(F)cc3c2=O)c1C(F)(F)F. The van der Waals surface area contributed by atoms with E-state index in [2.05, 4.69) is 15.1 Å². The zero-order valence-electron chi connectivity index (χ0n) is 20.9. The first-order chi connectivity index (χ1) is 19.3. The fourth-order valence-corrected chi connectivity index (χ4v) is 4.72. The number of anilines is 1. The molecule has 0 saturated carbocycles. The van der Waals surface area contributed by atoms with E-state index in [0.717, 1.165) is 12.3 Å². The second-order valence-electron chi connectivity index (χ2n) is 9.27. The minimum Gasteiger partial charge on any atom is -0.315 e. The number of rotatable bonds is 6. The summed E-state index contributed by atoms with van der Waals surface area (Å²) in [6.07, 6.45) is -5.15. The smallest absolute Gasteiger partial charge is 0.315 e. The van der Waals surface area contributed by atoms with Crippen molar-refractivity contribution in [3.8, 4) is 11.4 Å². The molecule has 1 aromatic carbocycles. The van der Waals surface area contributed by atoms with Crippen molar-refractivity contribution >= 4 is 16.5 Å². The van der Waals surface area contributed by atoms with Crippen LogP contribution in [-0.4, -0.2) is 49.4 Å². The van der Waals surface area contributed by atoms with Gasteiger partial charge in [-0.15, -0.1) is 0 Å². The lowest BCUT2D eigenvalue weighted by Gasteiger charge is -2.31. The van der Waals surface area contributed by atoms with Crippen LogP contribution in [0.2, 0.25) is 0 Å². The van der Waals surface area contributed by atoms with Crippen molar-refractivity contribution in [2.24, 2.45) is 0 Å². The predicted molar refractivity (Wildman–Crippen MR) is 132 cm³/mol. The van der Waals surface area contributed by atoms with Gasteiger partial charge in [0.1, 0.15) is 11.4 Å². The normalized spacial score (nSPS) is 14.8. The number of hydrogen-bond donors (Lipinski definition) is 1. The van der Waals surface area contributed by atoms with Gasteiger partial charge in [-0.2, -0.15) is 31.4 Å². The van der Waals surface area contributed by atoms with Crippen molar-refractivity contribution in [3.63, 3.8) is 0 Å². The van der Waals surface area contributed by atoms with Crippen LogP contribution < -0.4 is 16.1 Å². The number of hydrogen-bond acceptors (Lipinski definition) is 7. The molecule has 1 fully saturated rings. The van der Waals surface area contributed by atoms with Crippen LogP contribution in [0.15, 0.2) is 52.6 Å². The van der Waals surface area contributed by atoms with Crippen LogP contribution in [0.4, 0.5) is 36.4 Å². The van der Waals surface area contributed by atoms with Gasteiger partial charge < -0.3 is 9.58 Å². The van der Waals surface area contributed by atoms with Gasteiger partial charge in [0.15, 0.2) is 5.82 Å². The zero-order valence-corrected chi connectivity index (χ0v) is 20.9. The number of nitrogens with one attached hydrogen (secondary N) is 1. The molecule has 0 bridgehead atoms. The van der Waals surface area contributed by atoms with Gasteiger partial charge in [0, 0.05) is 44.8 Å². The van der Waals surface area contributed by atoms with E-state index in [4.69, 9.17) is 0 Å². The molecule has 0 atom stereocenters. The largest absolute Gasteiger partial charge is 0.423 e. The van der Waals surface area contributed by atoms with Crippen LogP contribution in [0.1, 0.15) is 24.0 Å². The van der Waals surface area contributed by atoms with Crippen LogP contribution in [0.5, 0.6) is 0 Å². The summed E-state index contributed by atoms with van der Waals surface area (Å²) < 4.78 is 95.2. The van der Waals surface area contributed by atoms with Crippen molar-refractivity contribution in [3.05, 3.63) is 80.6 Å². The lowest BCUT2D eigenvalue weighted by atomic mass is 10.1. The number of aryl methyl sites for hydroxylation is 1. The number of benzene rings is 1. The maximum Gasteiger partial charge on any atom is 0.423 e. The highest BCUT2D eigenvalue weighted by molar-refractivity contribution is 5.86. The fraction of sp³-hybridized carbons (Fsp3) is 0.320. The predicted octanol–water partition coefficient (Wildman–Crippen LogP) is 4.24. The maximum atomic E-state index is 14.9.